The minimum atomic E-state index is -0.526. The van der Waals surface area contributed by atoms with Gasteiger partial charge in [0.15, 0.2) is 11.5 Å². The van der Waals surface area contributed by atoms with Crippen molar-refractivity contribution in [3.63, 3.8) is 0 Å². The standard InChI is InChI=1S/C33H33N3O6S/c1-3-7-25-18-24(19-28(40-2)31(25)42-22-23-8-5-4-6-9-23)20-29-32(38)36(33(39)43-29)21-30(37)34-26-10-12-27(13-11-26)35-14-16-41-17-15-35/h3-6,8-13,18-20H,1,7,14-17,21-22H2,2H3,(H,34,37)/b29-20-. The molecule has 0 unspecified atom stereocenters. The second-order valence-electron chi connectivity index (χ2n) is 9.94. The van der Waals surface area contributed by atoms with Gasteiger partial charge in [0.2, 0.25) is 5.91 Å². The molecule has 9 nitrogen and oxygen atoms in total. The van der Waals surface area contributed by atoms with Crippen molar-refractivity contribution < 1.29 is 28.6 Å². The van der Waals surface area contributed by atoms with Crippen molar-refractivity contribution in [3.05, 3.63) is 101 Å². The molecule has 0 atom stereocenters. The van der Waals surface area contributed by atoms with Gasteiger partial charge in [-0.3, -0.25) is 19.3 Å². The van der Waals surface area contributed by atoms with Crippen LogP contribution in [0.4, 0.5) is 16.2 Å². The zero-order valence-corrected chi connectivity index (χ0v) is 24.7. The number of anilines is 2. The van der Waals surface area contributed by atoms with E-state index in [1.165, 1.54) is 0 Å². The summed E-state index contributed by atoms with van der Waals surface area (Å²) in [5, 5.41) is 2.27. The first-order chi connectivity index (χ1) is 20.9. The number of methoxy groups -OCH3 is 1. The lowest BCUT2D eigenvalue weighted by atomic mass is 10.0. The Balaban J connectivity index is 1.26. The van der Waals surface area contributed by atoms with E-state index in [2.05, 4.69) is 16.8 Å². The van der Waals surface area contributed by atoms with Crippen molar-refractivity contribution in [2.24, 2.45) is 0 Å². The molecule has 0 aliphatic carbocycles. The number of benzene rings is 3. The number of hydrogen-bond donors (Lipinski definition) is 1. The fraction of sp³-hybridized carbons (Fsp3) is 0.242. The molecular formula is C33H33N3O6S. The fourth-order valence-electron chi connectivity index (χ4n) is 4.83. The summed E-state index contributed by atoms with van der Waals surface area (Å²) in [5.74, 6) is 0.102. The van der Waals surface area contributed by atoms with Crippen LogP contribution in [0.25, 0.3) is 6.08 Å². The molecule has 10 heteroatoms. The van der Waals surface area contributed by atoms with Crippen molar-refractivity contribution >= 4 is 46.3 Å². The maximum absolute atomic E-state index is 13.2. The summed E-state index contributed by atoms with van der Waals surface area (Å²) in [6, 6.07) is 20.9. The molecular weight excluding hydrogens is 566 g/mol. The van der Waals surface area contributed by atoms with Gasteiger partial charge in [-0.1, -0.05) is 36.4 Å². The average Bonchev–Trinajstić information content (AvgIpc) is 3.28. The van der Waals surface area contributed by atoms with Gasteiger partial charge in [0, 0.05) is 30.0 Å². The van der Waals surface area contributed by atoms with Crippen molar-refractivity contribution in [1.82, 2.24) is 4.90 Å². The minimum absolute atomic E-state index is 0.220. The van der Waals surface area contributed by atoms with E-state index in [0.717, 1.165) is 46.6 Å². The highest BCUT2D eigenvalue weighted by atomic mass is 32.2. The highest BCUT2D eigenvalue weighted by Crippen LogP contribution is 2.37. The lowest BCUT2D eigenvalue weighted by Crippen LogP contribution is -2.36. The van der Waals surface area contributed by atoms with Gasteiger partial charge in [-0.05, 0) is 71.8 Å². The van der Waals surface area contributed by atoms with E-state index in [-0.39, 0.29) is 11.4 Å². The smallest absolute Gasteiger partial charge is 0.294 e. The van der Waals surface area contributed by atoms with Crippen LogP contribution in [0.1, 0.15) is 16.7 Å². The molecule has 3 aromatic carbocycles. The Labute approximate surface area is 255 Å². The van der Waals surface area contributed by atoms with Crippen LogP contribution in [-0.4, -0.2) is 61.9 Å². The summed E-state index contributed by atoms with van der Waals surface area (Å²) in [4.78, 5) is 42.0. The minimum Gasteiger partial charge on any atom is -0.493 e. The molecule has 0 spiro atoms. The van der Waals surface area contributed by atoms with Gasteiger partial charge in [0.05, 0.1) is 25.2 Å². The molecule has 2 aliphatic heterocycles. The molecule has 222 valence electrons. The van der Waals surface area contributed by atoms with E-state index in [1.807, 2.05) is 48.5 Å². The molecule has 5 rings (SSSR count). The molecule has 1 N–H and O–H groups in total. The number of carbonyl (C=O) groups is 3. The lowest BCUT2D eigenvalue weighted by molar-refractivity contribution is -0.127. The van der Waals surface area contributed by atoms with Crippen LogP contribution in [0, 0.1) is 0 Å². The van der Waals surface area contributed by atoms with Gasteiger partial charge >= 0.3 is 0 Å². The van der Waals surface area contributed by atoms with E-state index in [4.69, 9.17) is 14.2 Å². The van der Waals surface area contributed by atoms with Crippen LogP contribution >= 0.6 is 11.8 Å². The molecule has 3 aromatic rings. The van der Waals surface area contributed by atoms with Crippen LogP contribution in [0.2, 0.25) is 0 Å². The number of amides is 3. The lowest BCUT2D eigenvalue weighted by Gasteiger charge is -2.28. The second-order valence-corrected chi connectivity index (χ2v) is 10.9. The van der Waals surface area contributed by atoms with Crippen LogP contribution in [0.15, 0.2) is 84.3 Å². The first-order valence-electron chi connectivity index (χ1n) is 13.9. The Hall–Kier alpha value is -4.54. The number of nitrogens with zero attached hydrogens (tertiary/aromatic N) is 2. The van der Waals surface area contributed by atoms with Crippen molar-refractivity contribution in [2.45, 2.75) is 13.0 Å². The number of hydrogen-bond acceptors (Lipinski definition) is 8. The van der Waals surface area contributed by atoms with Crippen LogP contribution in [-0.2, 0) is 27.4 Å². The molecule has 43 heavy (non-hydrogen) atoms. The zero-order chi connectivity index (χ0) is 30.2. The Morgan fingerprint density at radius 3 is 2.51 bits per heavy atom. The summed E-state index contributed by atoms with van der Waals surface area (Å²) < 4.78 is 17.1. The van der Waals surface area contributed by atoms with Gasteiger partial charge in [-0.2, -0.15) is 0 Å². The molecule has 2 fully saturated rings. The van der Waals surface area contributed by atoms with E-state index in [9.17, 15) is 14.4 Å². The third-order valence-corrected chi connectivity index (χ3v) is 7.87. The van der Waals surface area contributed by atoms with Gasteiger partial charge in [0.1, 0.15) is 13.2 Å². The predicted molar refractivity (Wildman–Crippen MR) is 168 cm³/mol. The SMILES string of the molecule is C=CCc1cc(/C=C2\SC(=O)N(CC(=O)Nc3ccc(N4CCOCC4)cc3)C2=O)cc(OC)c1OCc1ccccc1. The number of thioether (sulfide) groups is 1. The first kappa shape index (κ1) is 29.9. The number of ether oxygens (including phenoxy) is 3. The molecule has 2 saturated heterocycles. The Kier molecular flexibility index (Phi) is 9.81. The quantitative estimate of drug-likeness (QED) is 0.228. The number of rotatable bonds is 11. The highest BCUT2D eigenvalue weighted by molar-refractivity contribution is 8.18. The monoisotopic (exact) mass is 599 g/mol. The Morgan fingerprint density at radius 1 is 1.07 bits per heavy atom. The first-order valence-corrected chi connectivity index (χ1v) is 14.7. The van der Waals surface area contributed by atoms with Crippen LogP contribution in [0.5, 0.6) is 11.5 Å². The fourth-order valence-corrected chi connectivity index (χ4v) is 5.67. The Morgan fingerprint density at radius 2 is 1.81 bits per heavy atom. The normalized spacial score (nSPS) is 16.0. The van der Waals surface area contributed by atoms with E-state index >= 15 is 0 Å². The van der Waals surface area contributed by atoms with Gasteiger partial charge in [0.25, 0.3) is 11.1 Å². The maximum Gasteiger partial charge on any atom is 0.294 e. The molecule has 0 saturated carbocycles. The summed E-state index contributed by atoms with van der Waals surface area (Å²) in [6.45, 7) is 6.82. The number of allylic oxidation sites excluding steroid dienone is 1. The number of nitrogens with one attached hydrogen (secondary N) is 1. The van der Waals surface area contributed by atoms with E-state index in [0.29, 0.717) is 49.0 Å². The summed E-state index contributed by atoms with van der Waals surface area (Å²) in [6.07, 6.45) is 3.90. The second kappa shape index (κ2) is 14.1. The topological polar surface area (TPSA) is 97.4 Å². The van der Waals surface area contributed by atoms with Gasteiger partial charge < -0.3 is 24.4 Å². The van der Waals surface area contributed by atoms with Crippen LogP contribution in [0.3, 0.4) is 0 Å². The van der Waals surface area contributed by atoms with Crippen LogP contribution < -0.4 is 19.7 Å². The highest BCUT2D eigenvalue weighted by Gasteiger charge is 2.36. The number of morpholine rings is 1. The zero-order valence-electron chi connectivity index (χ0n) is 23.9. The molecule has 0 radical (unpaired) electrons. The average molecular weight is 600 g/mol. The van der Waals surface area contributed by atoms with Gasteiger partial charge in [-0.15, -0.1) is 6.58 Å². The number of imide groups is 1. The van der Waals surface area contributed by atoms with Crippen molar-refractivity contribution in [3.8, 4) is 11.5 Å². The van der Waals surface area contributed by atoms with Crippen molar-refractivity contribution in [2.75, 3.05) is 50.2 Å². The molecule has 0 bridgehead atoms. The largest absolute Gasteiger partial charge is 0.493 e. The number of carbonyl (C=O) groups excluding carboxylic acids is 3. The summed E-state index contributed by atoms with van der Waals surface area (Å²) in [5.41, 5.74) is 4.13. The van der Waals surface area contributed by atoms with E-state index < -0.39 is 17.1 Å². The molecule has 0 aromatic heterocycles. The maximum atomic E-state index is 13.2. The Bertz CT molecular complexity index is 1520. The third-order valence-electron chi connectivity index (χ3n) is 6.96. The molecule has 2 heterocycles. The third kappa shape index (κ3) is 7.46. The summed E-state index contributed by atoms with van der Waals surface area (Å²) >= 11 is 0.798. The predicted octanol–water partition coefficient (Wildman–Crippen LogP) is 5.51. The molecule has 3 amide bonds. The summed E-state index contributed by atoms with van der Waals surface area (Å²) in [7, 11) is 1.55. The van der Waals surface area contributed by atoms with E-state index in [1.54, 1.807) is 37.5 Å². The van der Waals surface area contributed by atoms with Gasteiger partial charge in [-0.25, -0.2) is 0 Å². The van der Waals surface area contributed by atoms with Crippen molar-refractivity contribution in [1.29, 1.82) is 0 Å². The molecule has 2 aliphatic rings.